The van der Waals surface area contributed by atoms with Gasteiger partial charge < -0.3 is 4.74 Å². The van der Waals surface area contributed by atoms with Gasteiger partial charge in [0.05, 0.1) is 23.8 Å². The molecule has 0 radical (unpaired) electrons. The summed E-state index contributed by atoms with van der Waals surface area (Å²) in [6.45, 7) is 12.2. The van der Waals surface area contributed by atoms with Gasteiger partial charge in [0, 0.05) is 89.8 Å². The maximum atomic E-state index is 13.6. The van der Waals surface area contributed by atoms with Crippen LogP contribution in [0.25, 0.3) is 44.5 Å². The van der Waals surface area contributed by atoms with Crippen LogP contribution in [0.3, 0.4) is 0 Å². The molecule has 2 atom stereocenters. The van der Waals surface area contributed by atoms with E-state index in [1.165, 1.54) is 128 Å². The van der Waals surface area contributed by atoms with Gasteiger partial charge in [-0.25, -0.2) is 71.8 Å². The number of aryl methyl sites for hydroxylation is 4. The van der Waals surface area contributed by atoms with Crippen LogP contribution in [0.1, 0.15) is 173 Å². The summed E-state index contributed by atoms with van der Waals surface area (Å²) < 4.78 is 73.2. The average Bonchev–Trinajstić information content (AvgIpc) is 1.61. The van der Waals surface area contributed by atoms with Crippen LogP contribution in [0.15, 0.2) is 189 Å². The van der Waals surface area contributed by atoms with E-state index < -0.39 is 17.5 Å². The first-order valence-electron chi connectivity index (χ1n) is 38.1. The number of rotatable bonds is 8. The summed E-state index contributed by atoms with van der Waals surface area (Å²) in [6.07, 6.45) is 29.8. The van der Waals surface area contributed by atoms with Crippen molar-refractivity contribution in [1.82, 2.24) is 49.8 Å². The lowest BCUT2D eigenvalue weighted by atomic mass is 9.75. The summed E-state index contributed by atoms with van der Waals surface area (Å²) in [4.78, 5) is 38.7. The van der Waals surface area contributed by atoms with E-state index in [2.05, 4.69) is 94.9 Å². The second kappa shape index (κ2) is 41.6. The third-order valence-corrected chi connectivity index (χ3v) is 21.0. The van der Waals surface area contributed by atoms with Gasteiger partial charge in [-0.15, -0.1) is 0 Å². The Hall–Kier alpha value is -14.2. The predicted molar refractivity (Wildman–Crippen MR) is 432 cm³/mol. The number of fused-ring (bicyclic) bond motifs is 2. The highest BCUT2D eigenvalue weighted by Gasteiger charge is 2.32. The van der Waals surface area contributed by atoms with E-state index in [0.29, 0.717) is 34.4 Å². The van der Waals surface area contributed by atoms with Crippen LogP contribution in [0.2, 0.25) is 0 Å². The first-order valence-corrected chi connectivity index (χ1v) is 38.1. The number of nitriles is 7. The third kappa shape index (κ3) is 23.7. The van der Waals surface area contributed by atoms with Gasteiger partial charge in [-0.3, -0.25) is 0 Å². The molecule has 0 N–H and O–H groups in total. The van der Waals surface area contributed by atoms with Gasteiger partial charge in [-0.2, -0.15) is 36.8 Å². The van der Waals surface area contributed by atoms with Gasteiger partial charge in [0.15, 0.2) is 0 Å². The molecule has 16 rings (SSSR count). The Morgan fingerprint density at radius 3 is 1.09 bits per heavy atom. The Morgan fingerprint density at radius 2 is 0.667 bits per heavy atom. The molecule has 2 unspecified atom stereocenters. The molecule has 4 aliphatic carbocycles. The van der Waals surface area contributed by atoms with E-state index in [-0.39, 0.29) is 63.0 Å². The topological polar surface area (TPSA) is 305 Å². The monoisotopic (exact) mass is 1560 g/mol. The molecule has 0 aliphatic heterocycles. The van der Waals surface area contributed by atoms with Gasteiger partial charge in [0.2, 0.25) is 29.1 Å². The normalized spacial score (nSPS) is 16.2. The fourth-order valence-corrected chi connectivity index (χ4v) is 14.3. The van der Waals surface area contributed by atoms with E-state index in [4.69, 9.17) is 41.6 Å². The zero-order valence-corrected chi connectivity index (χ0v) is 65.7. The highest BCUT2D eigenvalue weighted by atomic mass is 19.1. The van der Waals surface area contributed by atoms with Crippen LogP contribution in [0, 0.1) is 160 Å². The molecule has 5 heterocycles. The minimum atomic E-state index is -0.671. The molecule has 0 spiro atoms. The van der Waals surface area contributed by atoms with Crippen LogP contribution >= 0.6 is 0 Å². The summed E-state index contributed by atoms with van der Waals surface area (Å²) in [5, 5.41) is 60.6. The van der Waals surface area contributed by atoms with Gasteiger partial charge in [0.1, 0.15) is 77.3 Å². The Labute approximate surface area is 678 Å². The highest BCUT2D eigenvalue weighted by Crippen LogP contribution is 2.42. The number of hydrogen-bond acceptors (Lipinski definition) is 18. The molecule has 117 heavy (non-hydrogen) atoms. The molecular formula is C94H82F5N17O. The molecule has 0 amide bonds. The summed E-state index contributed by atoms with van der Waals surface area (Å²) in [5.74, 6) is 3.32. The van der Waals surface area contributed by atoms with Crippen molar-refractivity contribution in [3.8, 4) is 92.7 Å². The smallest absolute Gasteiger partial charge is 0.232 e. The summed E-state index contributed by atoms with van der Waals surface area (Å²) in [6, 6.07) is 51.3. The van der Waals surface area contributed by atoms with Crippen LogP contribution in [0.5, 0.6) is 5.75 Å². The number of halogens is 5. The SMILES string of the molecule is CC1CCC(C2Cc3cc(F)c(C#N)cc3C2)CC1.CC1CCC(c2cnc(C#N)nc2)CC1.COc1ccc(-c2cnc(C#N)nc2)cc1.Cc1cc(F)c(-c2cnc(C#N)nc2)c(F)c1.Cc1ccc(-c2cnc(C#N)nc2)c(F)c1.Cc1ccc(-c2cnc(C#N)nc2)cc1.Cc1ccc(C2Cc3cc(F)c(C#N)cc3C2)cc1. The lowest BCUT2D eigenvalue weighted by molar-refractivity contribution is 0.217. The third-order valence-electron chi connectivity index (χ3n) is 21.0. The number of benzene rings is 7. The summed E-state index contributed by atoms with van der Waals surface area (Å²) >= 11 is 0. The van der Waals surface area contributed by atoms with Crippen molar-refractivity contribution in [2.24, 2.45) is 23.7 Å². The van der Waals surface area contributed by atoms with Gasteiger partial charge in [-0.05, 0) is 225 Å². The zero-order valence-electron chi connectivity index (χ0n) is 65.7. The van der Waals surface area contributed by atoms with Gasteiger partial charge in [-0.1, -0.05) is 123 Å². The fourth-order valence-electron chi connectivity index (χ4n) is 14.3. The lowest BCUT2D eigenvalue weighted by Crippen LogP contribution is -2.21. The van der Waals surface area contributed by atoms with Crippen molar-refractivity contribution >= 4 is 0 Å². The molecule has 0 saturated heterocycles. The van der Waals surface area contributed by atoms with Crippen molar-refractivity contribution in [2.45, 2.75) is 130 Å². The maximum Gasteiger partial charge on any atom is 0.232 e. The zero-order chi connectivity index (χ0) is 83.5. The molecule has 5 aromatic heterocycles. The molecule has 7 aromatic carbocycles. The molecule has 2 fully saturated rings. The quantitative estimate of drug-likeness (QED) is 0.128. The van der Waals surface area contributed by atoms with E-state index in [9.17, 15) is 22.0 Å². The second-order valence-corrected chi connectivity index (χ2v) is 29.3. The largest absolute Gasteiger partial charge is 0.497 e. The number of aromatic nitrogens is 10. The first kappa shape index (κ1) is 85.3. The van der Waals surface area contributed by atoms with E-state index in [1.807, 2.05) is 117 Å². The van der Waals surface area contributed by atoms with E-state index >= 15 is 0 Å². The minimum absolute atomic E-state index is 0.0401. The lowest BCUT2D eigenvalue weighted by Gasteiger charge is -2.30. The number of nitrogens with zero attached hydrogens (tertiary/aromatic N) is 17. The van der Waals surface area contributed by atoms with Crippen molar-refractivity contribution in [1.29, 1.82) is 36.8 Å². The van der Waals surface area contributed by atoms with Crippen molar-refractivity contribution < 1.29 is 26.7 Å². The van der Waals surface area contributed by atoms with Crippen LogP contribution < -0.4 is 4.74 Å². The highest BCUT2D eigenvalue weighted by molar-refractivity contribution is 5.66. The summed E-state index contributed by atoms with van der Waals surface area (Å²) in [7, 11) is 1.62. The molecule has 4 aliphatic rings. The Kier molecular flexibility index (Phi) is 30.3. The summed E-state index contributed by atoms with van der Waals surface area (Å²) in [5.41, 5.74) is 16.1. The molecule has 0 bridgehead atoms. The molecular weight excluding hydrogens is 1480 g/mol. The van der Waals surface area contributed by atoms with Gasteiger partial charge in [0.25, 0.3) is 0 Å². The second-order valence-electron chi connectivity index (χ2n) is 29.3. The number of hydrogen-bond donors (Lipinski definition) is 0. The van der Waals surface area contributed by atoms with E-state index in [1.54, 1.807) is 69.2 Å². The van der Waals surface area contributed by atoms with Crippen LogP contribution in [-0.2, 0) is 25.7 Å². The maximum absolute atomic E-state index is 13.6. The molecule has 12 aromatic rings. The van der Waals surface area contributed by atoms with Gasteiger partial charge >= 0.3 is 0 Å². The Bertz CT molecular complexity index is 5670. The van der Waals surface area contributed by atoms with Crippen LogP contribution in [0.4, 0.5) is 22.0 Å². The van der Waals surface area contributed by atoms with Crippen molar-refractivity contribution in [2.75, 3.05) is 7.11 Å². The molecule has 584 valence electrons. The predicted octanol–water partition coefficient (Wildman–Crippen LogP) is 20.2. The minimum Gasteiger partial charge on any atom is -0.497 e. The van der Waals surface area contributed by atoms with Crippen molar-refractivity contribution in [3.05, 3.63) is 314 Å². The molecule has 18 nitrogen and oxygen atoms in total. The molecule has 2 saturated carbocycles. The number of ether oxygens (including phenoxy) is 1. The van der Waals surface area contributed by atoms with E-state index in [0.717, 1.165) is 93.7 Å². The van der Waals surface area contributed by atoms with Crippen LogP contribution in [-0.4, -0.2) is 56.9 Å². The van der Waals surface area contributed by atoms with Crippen molar-refractivity contribution in [3.63, 3.8) is 0 Å². The first-order chi connectivity index (χ1) is 56.6. The standard InChI is InChI=1S/C17H20FN.C17H14FN.C12H7F2N3.C12H8FN3.C12H9N3O.C12H15N3.C12H9N3/c2*1-11-2-4-12(5-3-11)13-6-14-8-16(10-19)17(18)9-15(14)7-13;1-7-2-9(13)12(10(14)3-7)8-5-16-11(4-15)17-6-8;1-8-2-3-10(11(13)4-8)9-6-15-12(5-14)16-7-9;1-16-11-4-2-9(3-5-11)10-7-14-12(6-13)15-8-10;2*1-9-2-4-10(5-3-9)11-7-14-12(6-13)15-8-11/h8-9,11-13H,2-7H2,1H3;2-5,8-9,13H,6-7H2,1H3;2-3,5-6H,1H3;2-4,6-7H,1H3;2-5,7-8H,1H3;7-10H,2-5H2,1H3;2-5,7-8H,1H3. The Morgan fingerprint density at radius 1 is 0.308 bits per heavy atom. The fraction of sp³-hybridized carbons (Fsp3) is 0.266. The molecule has 23 heteroatoms. The number of methoxy groups -OCH3 is 1. The average molecular weight is 1560 g/mol. The Balaban J connectivity index is 0.000000144.